The summed E-state index contributed by atoms with van der Waals surface area (Å²) in [6, 6.07) is 7.95. The Hall–Kier alpha value is -1.59. The Bertz CT molecular complexity index is 490. The number of aliphatic hydroxyl groups excluding tert-OH is 1. The Morgan fingerprint density at radius 3 is 2.81 bits per heavy atom. The van der Waals surface area contributed by atoms with Crippen molar-refractivity contribution in [3.8, 4) is 5.75 Å². The van der Waals surface area contributed by atoms with Crippen LogP contribution in [0.1, 0.15) is 5.56 Å². The zero-order chi connectivity index (χ0) is 15.4. The second-order valence-corrected chi connectivity index (χ2v) is 5.83. The molecule has 0 spiro atoms. The van der Waals surface area contributed by atoms with E-state index in [2.05, 4.69) is 11.0 Å². The fourth-order valence-electron chi connectivity index (χ4n) is 2.92. The molecule has 1 aliphatic rings. The second-order valence-electron chi connectivity index (χ2n) is 5.83. The lowest BCUT2D eigenvalue weighted by molar-refractivity contribution is -0.134. The monoisotopic (exact) mass is 292 g/mol. The van der Waals surface area contributed by atoms with Crippen LogP contribution in [0.3, 0.4) is 0 Å². The van der Waals surface area contributed by atoms with E-state index >= 15 is 0 Å². The first-order chi connectivity index (χ1) is 10.0. The normalized spacial score (nSPS) is 22.3. The fraction of sp³-hybridized carbons (Fsp3) is 0.562. The summed E-state index contributed by atoms with van der Waals surface area (Å²) in [5.74, 6) is 0.842. The van der Waals surface area contributed by atoms with Crippen LogP contribution in [0, 0.1) is 11.8 Å². The van der Waals surface area contributed by atoms with Crippen molar-refractivity contribution < 1.29 is 14.6 Å². The molecule has 116 valence electrons. The Labute approximate surface area is 126 Å². The van der Waals surface area contributed by atoms with Crippen LogP contribution in [0.15, 0.2) is 24.3 Å². The third-order valence-corrected chi connectivity index (χ3v) is 4.05. The summed E-state index contributed by atoms with van der Waals surface area (Å²) < 4.78 is 5.23. The average Bonchev–Trinajstić information content (AvgIpc) is 2.89. The van der Waals surface area contributed by atoms with Crippen molar-refractivity contribution in [2.75, 3.05) is 40.9 Å². The van der Waals surface area contributed by atoms with E-state index in [1.54, 1.807) is 26.1 Å². The van der Waals surface area contributed by atoms with Crippen molar-refractivity contribution in [2.24, 2.45) is 11.8 Å². The molecular weight excluding hydrogens is 268 g/mol. The van der Waals surface area contributed by atoms with Gasteiger partial charge in [0.25, 0.3) is 0 Å². The number of carbonyl (C=O) groups excluding carboxylic acids is 1. The first-order valence-corrected chi connectivity index (χ1v) is 7.22. The van der Waals surface area contributed by atoms with Gasteiger partial charge in [0, 0.05) is 46.3 Å². The van der Waals surface area contributed by atoms with Gasteiger partial charge in [0.15, 0.2) is 0 Å². The Morgan fingerprint density at radius 2 is 2.19 bits per heavy atom. The average molecular weight is 292 g/mol. The van der Waals surface area contributed by atoms with Crippen LogP contribution < -0.4 is 4.74 Å². The van der Waals surface area contributed by atoms with Crippen LogP contribution in [0.25, 0.3) is 0 Å². The number of hydrogen-bond acceptors (Lipinski definition) is 4. The molecule has 0 bridgehead atoms. The van der Waals surface area contributed by atoms with E-state index in [9.17, 15) is 9.90 Å². The predicted octanol–water partition coefficient (Wildman–Crippen LogP) is 0.824. The van der Waals surface area contributed by atoms with Crippen molar-refractivity contribution in [2.45, 2.75) is 6.54 Å². The molecule has 2 rings (SSSR count). The maximum atomic E-state index is 12.2. The zero-order valence-electron chi connectivity index (χ0n) is 13.0. The molecule has 5 nitrogen and oxygen atoms in total. The van der Waals surface area contributed by atoms with Crippen molar-refractivity contribution in [1.29, 1.82) is 0 Å². The number of ether oxygens (including phenoxy) is 1. The highest BCUT2D eigenvalue weighted by Gasteiger charge is 2.37. The summed E-state index contributed by atoms with van der Waals surface area (Å²) in [5.41, 5.74) is 1.16. The minimum absolute atomic E-state index is 0.0190. The third-order valence-electron chi connectivity index (χ3n) is 4.05. The number of likely N-dealkylation sites (tertiary alicyclic amines) is 1. The molecule has 0 radical (unpaired) electrons. The molecule has 21 heavy (non-hydrogen) atoms. The first kappa shape index (κ1) is 15.8. The molecule has 1 aliphatic heterocycles. The minimum atomic E-state index is -0.115. The maximum absolute atomic E-state index is 12.2. The SMILES string of the molecule is COc1cccc(CN2C[C@@H](CO)[C@H](C(=O)N(C)C)C2)c1. The van der Waals surface area contributed by atoms with E-state index in [1.807, 2.05) is 18.2 Å². The van der Waals surface area contributed by atoms with E-state index in [0.717, 1.165) is 24.4 Å². The molecule has 1 fully saturated rings. The Balaban J connectivity index is 2.03. The molecule has 2 atom stereocenters. The number of methoxy groups -OCH3 is 1. The summed E-state index contributed by atoms with van der Waals surface area (Å²) >= 11 is 0. The molecule has 1 aromatic carbocycles. The molecule has 1 heterocycles. The van der Waals surface area contributed by atoms with Gasteiger partial charge in [0.1, 0.15) is 5.75 Å². The van der Waals surface area contributed by atoms with Gasteiger partial charge in [-0.05, 0) is 17.7 Å². The van der Waals surface area contributed by atoms with Crippen LogP contribution in [-0.4, -0.2) is 61.7 Å². The number of nitrogens with zero attached hydrogens (tertiary/aromatic N) is 2. The molecule has 0 aliphatic carbocycles. The molecule has 1 amide bonds. The van der Waals surface area contributed by atoms with Gasteiger partial charge in [0.05, 0.1) is 13.0 Å². The molecule has 5 heteroatoms. The summed E-state index contributed by atoms with van der Waals surface area (Å²) in [5, 5.41) is 9.52. The summed E-state index contributed by atoms with van der Waals surface area (Å²) in [6.07, 6.45) is 0. The van der Waals surface area contributed by atoms with Crippen molar-refractivity contribution in [1.82, 2.24) is 9.80 Å². The lowest BCUT2D eigenvalue weighted by atomic mass is 9.96. The van der Waals surface area contributed by atoms with E-state index in [4.69, 9.17) is 4.74 Å². The summed E-state index contributed by atoms with van der Waals surface area (Å²) in [7, 11) is 5.19. The number of benzene rings is 1. The van der Waals surface area contributed by atoms with Gasteiger partial charge in [-0.3, -0.25) is 9.69 Å². The Morgan fingerprint density at radius 1 is 1.43 bits per heavy atom. The second kappa shape index (κ2) is 6.91. The van der Waals surface area contributed by atoms with Gasteiger partial charge in [-0.15, -0.1) is 0 Å². The standard InChI is InChI=1S/C16H24N2O3/c1-17(2)16(20)15-10-18(9-13(15)11-19)8-12-5-4-6-14(7-12)21-3/h4-7,13,15,19H,8-11H2,1-3H3/t13-,15+/m0/s1. The van der Waals surface area contributed by atoms with Gasteiger partial charge in [-0.2, -0.15) is 0 Å². The number of amides is 1. The number of aliphatic hydroxyl groups is 1. The molecule has 0 saturated carbocycles. The van der Waals surface area contributed by atoms with Crippen LogP contribution in [-0.2, 0) is 11.3 Å². The van der Waals surface area contributed by atoms with E-state index in [-0.39, 0.29) is 24.3 Å². The molecule has 0 unspecified atom stereocenters. The van der Waals surface area contributed by atoms with Crippen LogP contribution in [0.4, 0.5) is 0 Å². The quantitative estimate of drug-likeness (QED) is 0.873. The molecular formula is C16H24N2O3. The molecule has 1 saturated heterocycles. The van der Waals surface area contributed by atoms with Gasteiger partial charge in [0.2, 0.25) is 5.91 Å². The topological polar surface area (TPSA) is 53.0 Å². The minimum Gasteiger partial charge on any atom is -0.497 e. The highest BCUT2D eigenvalue weighted by molar-refractivity contribution is 5.79. The molecule has 1 aromatic rings. The Kier molecular flexibility index (Phi) is 5.20. The van der Waals surface area contributed by atoms with Crippen LogP contribution >= 0.6 is 0 Å². The lowest BCUT2D eigenvalue weighted by Crippen LogP contribution is -2.35. The summed E-state index contributed by atoms with van der Waals surface area (Å²) in [4.78, 5) is 16.0. The van der Waals surface area contributed by atoms with Crippen molar-refractivity contribution in [3.05, 3.63) is 29.8 Å². The zero-order valence-corrected chi connectivity index (χ0v) is 13.0. The fourth-order valence-corrected chi connectivity index (χ4v) is 2.92. The number of rotatable bonds is 5. The van der Waals surface area contributed by atoms with Crippen LogP contribution in [0.2, 0.25) is 0 Å². The van der Waals surface area contributed by atoms with E-state index in [1.165, 1.54) is 0 Å². The highest BCUT2D eigenvalue weighted by Crippen LogP contribution is 2.26. The van der Waals surface area contributed by atoms with E-state index < -0.39 is 0 Å². The molecule has 1 N–H and O–H groups in total. The first-order valence-electron chi connectivity index (χ1n) is 7.22. The van der Waals surface area contributed by atoms with Crippen molar-refractivity contribution >= 4 is 5.91 Å². The van der Waals surface area contributed by atoms with Gasteiger partial charge < -0.3 is 14.7 Å². The van der Waals surface area contributed by atoms with Gasteiger partial charge in [-0.1, -0.05) is 12.1 Å². The van der Waals surface area contributed by atoms with Gasteiger partial charge in [-0.25, -0.2) is 0 Å². The van der Waals surface area contributed by atoms with Gasteiger partial charge >= 0.3 is 0 Å². The van der Waals surface area contributed by atoms with E-state index in [0.29, 0.717) is 6.54 Å². The lowest BCUT2D eigenvalue weighted by Gasteiger charge is -2.20. The van der Waals surface area contributed by atoms with Crippen molar-refractivity contribution in [3.63, 3.8) is 0 Å². The van der Waals surface area contributed by atoms with Crippen LogP contribution in [0.5, 0.6) is 5.75 Å². The molecule has 0 aromatic heterocycles. The predicted molar refractivity (Wildman–Crippen MR) is 81.0 cm³/mol. The third kappa shape index (κ3) is 3.74. The maximum Gasteiger partial charge on any atom is 0.226 e. The summed E-state index contributed by atoms with van der Waals surface area (Å²) in [6.45, 7) is 2.27. The smallest absolute Gasteiger partial charge is 0.226 e. The number of carbonyl (C=O) groups is 1. The number of hydrogen-bond donors (Lipinski definition) is 1. The highest BCUT2D eigenvalue weighted by atomic mass is 16.5. The largest absolute Gasteiger partial charge is 0.497 e.